The summed E-state index contributed by atoms with van der Waals surface area (Å²) in [5.41, 5.74) is 1.29. The Morgan fingerprint density at radius 1 is 1.38 bits per heavy atom. The Hall–Kier alpha value is -0.450. The van der Waals surface area contributed by atoms with Crippen LogP contribution in [0.2, 0.25) is 0 Å². The fourth-order valence-corrected chi connectivity index (χ4v) is 4.60. The molecule has 0 aromatic carbocycles. The maximum Gasteiger partial charge on any atom is 0.0928 e. The van der Waals surface area contributed by atoms with Crippen LogP contribution in [0.15, 0.2) is 5.38 Å². The van der Waals surface area contributed by atoms with Crippen molar-refractivity contribution < 1.29 is 4.74 Å². The number of hydrogen-bond acceptors (Lipinski definition) is 4. The first-order valence-corrected chi connectivity index (χ1v) is 9.45. The maximum atomic E-state index is 5.52. The Morgan fingerprint density at radius 2 is 2.33 bits per heavy atom. The van der Waals surface area contributed by atoms with Gasteiger partial charge in [0.2, 0.25) is 0 Å². The second kappa shape index (κ2) is 7.70. The van der Waals surface area contributed by atoms with E-state index in [1.807, 2.05) is 11.3 Å². The number of rotatable bonds is 6. The summed E-state index contributed by atoms with van der Waals surface area (Å²) in [6, 6.07) is 0. The summed E-state index contributed by atoms with van der Waals surface area (Å²) in [4.78, 5) is 7.40. The molecule has 0 N–H and O–H groups in total. The first-order valence-electron chi connectivity index (χ1n) is 8.57. The first kappa shape index (κ1) is 15.4. The van der Waals surface area contributed by atoms with Crippen molar-refractivity contribution in [3.63, 3.8) is 0 Å². The standard InChI is InChI=1S/C17H28N2OS/c1-2-4-17-18-16(13-21-17)11-19-7-3-5-14(10-19)9-15-6-8-20-12-15/h13-15H,2-12H2,1H3. The molecule has 2 fully saturated rings. The molecule has 0 bridgehead atoms. The third-order valence-corrected chi connectivity index (χ3v) is 5.70. The molecule has 2 atom stereocenters. The van der Waals surface area contributed by atoms with Crippen LogP contribution in [0, 0.1) is 11.8 Å². The van der Waals surface area contributed by atoms with Gasteiger partial charge in [-0.15, -0.1) is 11.3 Å². The van der Waals surface area contributed by atoms with Gasteiger partial charge in [-0.25, -0.2) is 4.98 Å². The molecule has 3 heterocycles. The summed E-state index contributed by atoms with van der Waals surface area (Å²) in [5, 5.41) is 3.57. The first-order chi connectivity index (χ1) is 10.3. The maximum absolute atomic E-state index is 5.52. The highest BCUT2D eigenvalue weighted by molar-refractivity contribution is 7.09. The van der Waals surface area contributed by atoms with E-state index in [1.54, 1.807) is 0 Å². The zero-order chi connectivity index (χ0) is 14.5. The fourth-order valence-electron chi connectivity index (χ4n) is 3.71. The van der Waals surface area contributed by atoms with Crippen molar-refractivity contribution in [3.8, 4) is 0 Å². The molecule has 2 unspecified atom stereocenters. The fraction of sp³-hybridized carbons (Fsp3) is 0.824. The third-order valence-electron chi connectivity index (χ3n) is 4.74. The molecule has 4 heteroatoms. The number of ether oxygens (including phenoxy) is 1. The molecule has 0 aliphatic carbocycles. The van der Waals surface area contributed by atoms with E-state index in [9.17, 15) is 0 Å². The molecular weight excluding hydrogens is 280 g/mol. The Labute approximate surface area is 132 Å². The lowest BCUT2D eigenvalue weighted by Gasteiger charge is -2.33. The van der Waals surface area contributed by atoms with E-state index in [-0.39, 0.29) is 0 Å². The van der Waals surface area contributed by atoms with Gasteiger partial charge in [0.1, 0.15) is 0 Å². The predicted octanol–water partition coefficient (Wildman–Crippen LogP) is 3.73. The van der Waals surface area contributed by atoms with Gasteiger partial charge in [-0.3, -0.25) is 4.90 Å². The van der Waals surface area contributed by atoms with Gasteiger partial charge >= 0.3 is 0 Å². The lowest BCUT2D eigenvalue weighted by atomic mass is 9.88. The van der Waals surface area contributed by atoms with Crippen molar-refractivity contribution in [1.82, 2.24) is 9.88 Å². The van der Waals surface area contributed by atoms with E-state index in [4.69, 9.17) is 9.72 Å². The van der Waals surface area contributed by atoms with Crippen molar-refractivity contribution >= 4 is 11.3 Å². The average Bonchev–Trinajstić information content (AvgIpc) is 3.12. The minimum atomic E-state index is 0.824. The van der Waals surface area contributed by atoms with Crippen molar-refractivity contribution in [2.45, 2.75) is 52.0 Å². The van der Waals surface area contributed by atoms with Crippen LogP contribution in [0.5, 0.6) is 0 Å². The van der Waals surface area contributed by atoms with Crippen LogP contribution in [0.4, 0.5) is 0 Å². The minimum Gasteiger partial charge on any atom is -0.381 e. The zero-order valence-corrected chi connectivity index (χ0v) is 14.0. The number of piperidine rings is 1. The van der Waals surface area contributed by atoms with Gasteiger partial charge < -0.3 is 4.74 Å². The molecule has 21 heavy (non-hydrogen) atoms. The quantitative estimate of drug-likeness (QED) is 0.800. The molecule has 118 valence electrons. The van der Waals surface area contributed by atoms with Crippen LogP contribution in [-0.4, -0.2) is 36.2 Å². The molecule has 0 spiro atoms. The second-order valence-corrected chi connectivity index (χ2v) is 7.63. The molecule has 1 aromatic rings. The number of likely N-dealkylation sites (tertiary alicyclic amines) is 1. The van der Waals surface area contributed by atoms with Crippen molar-refractivity contribution in [2.24, 2.45) is 11.8 Å². The van der Waals surface area contributed by atoms with Gasteiger partial charge in [-0.05, 0) is 56.9 Å². The minimum absolute atomic E-state index is 0.824. The number of aryl methyl sites for hydroxylation is 1. The molecule has 2 saturated heterocycles. The average molecular weight is 308 g/mol. The molecule has 0 radical (unpaired) electrons. The molecule has 1 aromatic heterocycles. The number of aromatic nitrogens is 1. The van der Waals surface area contributed by atoms with Crippen LogP contribution in [0.1, 0.15) is 49.7 Å². The Morgan fingerprint density at radius 3 is 3.14 bits per heavy atom. The van der Waals surface area contributed by atoms with E-state index in [2.05, 4.69) is 17.2 Å². The van der Waals surface area contributed by atoms with Gasteiger partial charge in [-0.2, -0.15) is 0 Å². The van der Waals surface area contributed by atoms with Crippen LogP contribution in [0.25, 0.3) is 0 Å². The number of hydrogen-bond donors (Lipinski definition) is 0. The molecule has 0 saturated carbocycles. The zero-order valence-electron chi connectivity index (χ0n) is 13.2. The molecule has 3 rings (SSSR count). The SMILES string of the molecule is CCCc1nc(CN2CCCC(CC3CCOC3)C2)cs1. The highest BCUT2D eigenvalue weighted by atomic mass is 32.1. The summed E-state index contributed by atoms with van der Waals surface area (Å²) in [7, 11) is 0. The van der Waals surface area contributed by atoms with Crippen molar-refractivity contribution in [2.75, 3.05) is 26.3 Å². The highest BCUT2D eigenvalue weighted by Crippen LogP contribution is 2.28. The predicted molar refractivity (Wildman–Crippen MR) is 87.7 cm³/mol. The van der Waals surface area contributed by atoms with Crippen LogP contribution in [-0.2, 0) is 17.7 Å². The molecule has 2 aliphatic heterocycles. The van der Waals surface area contributed by atoms with Crippen molar-refractivity contribution in [3.05, 3.63) is 16.1 Å². The Kier molecular flexibility index (Phi) is 5.67. The van der Waals surface area contributed by atoms with Gasteiger partial charge in [0.15, 0.2) is 0 Å². The normalized spacial score (nSPS) is 27.3. The molecular formula is C17H28N2OS. The summed E-state index contributed by atoms with van der Waals surface area (Å²) in [6.07, 6.45) is 7.74. The van der Waals surface area contributed by atoms with E-state index in [0.717, 1.165) is 38.0 Å². The molecule has 3 nitrogen and oxygen atoms in total. The van der Waals surface area contributed by atoms with Gasteiger partial charge in [-0.1, -0.05) is 6.92 Å². The smallest absolute Gasteiger partial charge is 0.0928 e. The van der Waals surface area contributed by atoms with Crippen LogP contribution in [0.3, 0.4) is 0 Å². The Balaban J connectivity index is 1.48. The van der Waals surface area contributed by atoms with Crippen LogP contribution < -0.4 is 0 Å². The van der Waals surface area contributed by atoms with Gasteiger partial charge in [0, 0.05) is 31.7 Å². The van der Waals surface area contributed by atoms with E-state index in [1.165, 1.54) is 55.9 Å². The van der Waals surface area contributed by atoms with Crippen LogP contribution >= 0.6 is 11.3 Å². The van der Waals surface area contributed by atoms with E-state index < -0.39 is 0 Å². The largest absolute Gasteiger partial charge is 0.381 e. The summed E-state index contributed by atoms with van der Waals surface area (Å²) >= 11 is 1.84. The summed E-state index contributed by atoms with van der Waals surface area (Å²) in [5.74, 6) is 1.70. The number of thiazole rings is 1. The van der Waals surface area contributed by atoms with E-state index >= 15 is 0 Å². The lowest BCUT2D eigenvalue weighted by Crippen LogP contribution is -2.35. The summed E-state index contributed by atoms with van der Waals surface area (Å²) < 4.78 is 5.52. The summed E-state index contributed by atoms with van der Waals surface area (Å²) in [6.45, 7) is 7.78. The monoisotopic (exact) mass is 308 g/mol. The van der Waals surface area contributed by atoms with Gasteiger partial charge in [0.05, 0.1) is 10.7 Å². The highest BCUT2D eigenvalue weighted by Gasteiger charge is 2.25. The second-order valence-electron chi connectivity index (χ2n) is 6.69. The Bertz CT molecular complexity index is 428. The number of nitrogens with zero attached hydrogens (tertiary/aromatic N) is 2. The topological polar surface area (TPSA) is 25.4 Å². The third kappa shape index (κ3) is 4.51. The lowest BCUT2D eigenvalue weighted by molar-refractivity contribution is 0.137. The van der Waals surface area contributed by atoms with Crippen molar-refractivity contribution in [1.29, 1.82) is 0 Å². The van der Waals surface area contributed by atoms with E-state index in [0.29, 0.717) is 0 Å². The van der Waals surface area contributed by atoms with Gasteiger partial charge in [0.25, 0.3) is 0 Å². The molecule has 2 aliphatic rings. The molecule has 0 amide bonds.